The SMILES string of the molecule is Cc1ccc(S(=O)(=O)NCc2nnnn2-c2ccc(C)c(C)c2)cc1. The molecule has 0 saturated heterocycles. The molecule has 0 bridgehead atoms. The Bertz CT molecular complexity index is 994. The first-order valence-electron chi connectivity index (χ1n) is 7.78. The third kappa shape index (κ3) is 3.75. The van der Waals surface area contributed by atoms with Crippen LogP contribution < -0.4 is 4.72 Å². The van der Waals surface area contributed by atoms with E-state index in [1.165, 1.54) is 10.2 Å². The van der Waals surface area contributed by atoms with E-state index in [4.69, 9.17) is 0 Å². The van der Waals surface area contributed by atoms with Crippen LogP contribution in [0.5, 0.6) is 0 Å². The molecule has 1 aromatic heterocycles. The van der Waals surface area contributed by atoms with Gasteiger partial charge in [-0.1, -0.05) is 23.8 Å². The highest BCUT2D eigenvalue weighted by atomic mass is 32.2. The maximum atomic E-state index is 12.4. The number of nitrogens with zero attached hydrogens (tertiary/aromatic N) is 4. The van der Waals surface area contributed by atoms with Crippen molar-refractivity contribution in [1.29, 1.82) is 0 Å². The van der Waals surface area contributed by atoms with Gasteiger partial charge in [0.2, 0.25) is 10.0 Å². The molecule has 1 heterocycles. The van der Waals surface area contributed by atoms with Crippen LogP contribution in [0, 0.1) is 20.8 Å². The lowest BCUT2D eigenvalue weighted by molar-refractivity contribution is 0.578. The predicted octanol–water partition coefficient (Wildman–Crippen LogP) is 2.07. The lowest BCUT2D eigenvalue weighted by Gasteiger charge is -2.09. The summed E-state index contributed by atoms with van der Waals surface area (Å²) in [7, 11) is -3.63. The van der Waals surface area contributed by atoms with E-state index in [1.807, 2.05) is 39.0 Å². The first-order chi connectivity index (χ1) is 11.9. The van der Waals surface area contributed by atoms with Crippen molar-refractivity contribution in [3.63, 3.8) is 0 Å². The molecule has 0 atom stereocenters. The molecule has 8 heteroatoms. The Morgan fingerprint density at radius 1 is 1.00 bits per heavy atom. The quantitative estimate of drug-likeness (QED) is 0.755. The van der Waals surface area contributed by atoms with E-state index in [-0.39, 0.29) is 11.4 Å². The van der Waals surface area contributed by atoms with Crippen molar-refractivity contribution >= 4 is 10.0 Å². The molecule has 0 aliphatic carbocycles. The van der Waals surface area contributed by atoms with Gasteiger partial charge in [0.05, 0.1) is 17.1 Å². The van der Waals surface area contributed by atoms with Gasteiger partial charge in [-0.15, -0.1) is 5.10 Å². The maximum absolute atomic E-state index is 12.4. The first kappa shape index (κ1) is 17.2. The van der Waals surface area contributed by atoms with E-state index in [0.29, 0.717) is 5.82 Å². The second-order valence-electron chi connectivity index (χ2n) is 5.91. The maximum Gasteiger partial charge on any atom is 0.240 e. The van der Waals surface area contributed by atoms with Gasteiger partial charge in [0, 0.05) is 0 Å². The van der Waals surface area contributed by atoms with Crippen LogP contribution in [0.4, 0.5) is 0 Å². The van der Waals surface area contributed by atoms with Crippen molar-refractivity contribution in [2.45, 2.75) is 32.2 Å². The van der Waals surface area contributed by atoms with Crippen LogP contribution in [-0.4, -0.2) is 28.6 Å². The van der Waals surface area contributed by atoms with Crippen molar-refractivity contribution in [1.82, 2.24) is 24.9 Å². The number of hydrogen-bond acceptors (Lipinski definition) is 5. The smallest absolute Gasteiger partial charge is 0.207 e. The van der Waals surface area contributed by atoms with Crippen LogP contribution >= 0.6 is 0 Å². The summed E-state index contributed by atoms with van der Waals surface area (Å²) >= 11 is 0. The van der Waals surface area contributed by atoms with E-state index in [2.05, 4.69) is 20.2 Å². The van der Waals surface area contributed by atoms with Gasteiger partial charge in [-0.2, -0.15) is 4.68 Å². The molecular formula is C17H19N5O2S. The molecule has 3 aromatic rings. The van der Waals surface area contributed by atoms with Crippen LogP contribution in [0.1, 0.15) is 22.5 Å². The van der Waals surface area contributed by atoms with Crippen LogP contribution in [0.3, 0.4) is 0 Å². The molecular weight excluding hydrogens is 338 g/mol. The van der Waals surface area contributed by atoms with Gasteiger partial charge in [0.25, 0.3) is 0 Å². The molecule has 7 nitrogen and oxygen atoms in total. The zero-order valence-electron chi connectivity index (χ0n) is 14.3. The Hall–Kier alpha value is -2.58. The van der Waals surface area contributed by atoms with E-state index < -0.39 is 10.0 Å². The number of hydrogen-bond donors (Lipinski definition) is 1. The number of tetrazole rings is 1. The normalized spacial score (nSPS) is 11.6. The number of rotatable bonds is 5. The second-order valence-corrected chi connectivity index (χ2v) is 7.68. The van der Waals surface area contributed by atoms with E-state index >= 15 is 0 Å². The van der Waals surface area contributed by atoms with Crippen molar-refractivity contribution in [2.75, 3.05) is 0 Å². The minimum absolute atomic E-state index is 0.00384. The van der Waals surface area contributed by atoms with Crippen LogP contribution in [0.25, 0.3) is 5.69 Å². The fourth-order valence-corrected chi connectivity index (χ4v) is 3.31. The molecule has 0 aliphatic rings. The van der Waals surface area contributed by atoms with E-state index in [0.717, 1.165) is 16.8 Å². The Kier molecular flexibility index (Phi) is 4.65. The topological polar surface area (TPSA) is 89.8 Å². The van der Waals surface area contributed by atoms with E-state index in [9.17, 15) is 8.42 Å². The van der Waals surface area contributed by atoms with E-state index in [1.54, 1.807) is 24.3 Å². The van der Waals surface area contributed by atoms with Crippen molar-refractivity contribution in [2.24, 2.45) is 0 Å². The minimum Gasteiger partial charge on any atom is -0.207 e. The predicted molar refractivity (Wildman–Crippen MR) is 93.8 cm³/mol. The highest BCUT2D eigenvalue weighted by Crippen LogP contribution is 2.15. The summed E-state index contributed by atoms with van der Waals surface area (Å²) in [6.45, 7) is 5.93. The Balaban J connectivity index is 1.82. The van der Waals surface area contributed by atoms with Gasteiger partial charge in [-0.3, -0.25) is 0 Å². The molecule has 0 aliphatic heterocycles. The van der Waals surface area contributed by atoms with Gasteiger partial charge < -0.3 is 0 Å². The Morgan fingerprint density at radius 3 is 2.40 bits per heavy atom. The summed E-state index contributed by atoms with van der Waals surface area (Å²) in [6.07, 6.45) is 0. The van der Waals surface area contributed by atoms with Crippen LogP contribution in [-0.2, 0) is 16.6 Å². The molecule has 0 amide bonds. The average molecular weight is 357 g/mol. The Labute approximate surface area is 146 Å². The largest absolute Gasteiger partial charge is 0.240 e. The van der Waals surface area contributed by atoms with Gasteiger partial charge in [0.1, 0.15) is 0 Å². The van der Waals surface area contributed by atoms with Crippen LogP contribution in [0.2, 0.25) is 0 Å². The summed E-state index contributed by atoms with van der Waals surface area (Å²) in [6, 6.07) is 12.5. The standard InChI is InChI=1S/C17H19N5O2S/c1-12-4-8-16(9-5-12)25(23,24)18-11-17-19-20-21-22(17)15-7-6-13(2)14(3)10-15/h4-10,18H,11H2,1-3H3. The van der Waals surface area contributed by atoms with Crippen molar-refractivity contribution in [3.05, 3.63) is 65.0 Å². The summed E-state index contributed by atoms with van der Waals surface area (Å²) in [4.78, 5) is 0.211. The molecule has 0 saturated carbocycles. The second kappa shape index (κ2) is 6.73. The molecule has 0 unspecified atom stereocenters. The van der Waals surface area contributed by atoms with Gasteiger partial charge in [-0.05, 0) is 66.6 Å². The average Bonchev–Trinajstić information content (AvgIpc) is 3.05. The van der Waals surface area contributed by atoms with Crippen molar-refractivity contribution < 1.29 is 8.42 Å². The lowest BCUT2D eigenvalue weighted by Crippen LogP contribution is -2.25. The Morgan fingerprint density at radius 2 is 1.72 bits per heavy atom. The fraction of sp³-hybridized carbons (Fsp3) is 0.235. The third-order valence-corrected chi connectivity index (χ3v) is 5.44. The van der Waals surface area contributed by atoms with Gasteiger partial charge >= 0.3 is 0 Å². The monoisotopic (exact) mass is 357 g/mol. The van der Waals surface area contributed by atoms with Crippen LogP contribution in [0.15, 0.2) is 47.4 Å². The van der Waals surface area contributed by atoms with Crippen molar-refractivity contribution in [3.8, 4) is 5.69 Å². The first-order valence-corrected chi connectivity index (χ1v) is 9.26. The lowest BCUT2D eigenvalue weighted by atomic mass is 10.1. The fourth-order valence-electron chi connectivity index (χ4n) is 2.33. The molecule has 130 valence electrons. The highest BCUT2D eigenvalue weighted by molar-refractivity contribution is 7.89. The summed E-state index contributed by atoms with van der Waals surface area (Å²) in [5.74, 6) is 0.416. The number of nitrogens with one attached hydrogen (secondary N) is 1. The molecule has 0 spiro atoms. The number of sulfonamides is 1. The number of aryl methyl sites for hydroxylation is 3. The molecule has 3 rings (SSSR count). The summed E-state index contributed by atoms with van der Waals surface area (Å²) in [5.41, 5.74) is 4.06. The number of benzene rings is 2. The number of aromatic nitrogens is 4. The van der Waals surface area contributed by atoms with Gasteiger partial charge in [0.15, 0.2) is 5.82 Å². The zero-order valence-corrected chi connectivity index (χ0v) is 15.1. The molecule has 1 N–H and O–H groups in total. The third-order valence-electron chi connectivity index (χ3n) is 4.02. The zero-order chi connectivity index (χ0) is 18.0. The summed E-state index contributed by atoms with van der Waals surface area (Å²) < 4.78 is 28.9. The highest BCUT2D eigenvalue weighted by Gasteiger charge is 2.16. The molecule has 0 radical (unpaired) electrons. The summed E-state index contributed by atoms with van der Waals surface area (Å²) in [5, 5.41) is 11.6. The van der Waals surface area contributed by atoms with Gasteiger partial charge in [-0.25, -0.2) is 13.1 Å². The molecule has 0 fully saturated rings. The minimum atomic E-state index is -3.63. The molecule has 25 heavy (non-hydrogen) atoms. The molecule has 2 aromatic carbocycles.